The average molecular weight is 285 g/mol. The summed E-state index contributed by atoms with van der Waals surface area (Å²) >= 11 is 6.05. The van der Waals surface area contributed by atoms with Crippen LogP contribution >= 0.6 is 11.6 Å². The summed E-state index contributed by atoms with van der Waals surface area (Å²) in [5.41, 5.74) is 5.29. The maximum Gasteiger partial charge on any atom is 0.145 e. The van der Waals surface area contributed by atoms with Crippen molar-refractivity contribution in [3.8, 4) is 11.3 Å². The van der Waals surface area contributed by atoms with Gasteiger partial charge in [-0.2, -0.15) is 0 Å². The molecule has 0 atom stereocenters. The third kappa shape index (κ3) is 1.88. The van der Waals surface area contributed by atoms with Crippen LogP contribution in [0.25, 0.3) is 16.9 Å². The van der Waals surface area contributed by atoms with Crippen LogP contribution in [0.5, 0.6) is 0 Å². The maximum absolute atomic E-state index is 6.05. The highest BCUT2D eigenvalue weighted by molar-refractivity contribution is 6.30. The molecule has 4 rings (SSSR count). The molecule has 4 nitrogen and oxygen atoms in total. The lowest BCUT2D eigenvalue weighted by molar-refractivity contribution is 0.628. The van der Waals surface area contributed by atoms with Gasteiger partial charge < -0.3 is 5.32 Å². The van der Waals surface area contributed by atoms with Crippen molar-refractivity contribution in [2.75, 3.05) is 6.54 Å². The van der Waals surface area contributed by atoms with Gasteiger partial charge in [0.05, 0.1) is 11.4 Å². The Labute approximate surface area is 121 Å². The summed E-state index contributed by atoms with van der Waals surface area (Å²) in [4.78, 5) is 9.29. The third-order valence-electron chi connectivity index (χ3n) is 3.65. The van der Waals surface area contributed by atoms with Crippen LogP contribution in [-0.4, -0.2) is 20.9 Å². The molecule has 2 aromatic heterocycles. The smallest absolute Gasteiger partial charge is 0.145 e. The molecule has 20 heavy (non-hydrogen) atoms. The van der Waals surface area contributed by atoms with Gasteiger partial charge in [0.1, 0.15) is 12.0 Å². The van der Waals surface area contributed by atoms with Gasteiger partial charge in [-0.1, -0.05) is 23.7 Å². The van der Waals surface area contributed by atoms with Crippen molar-refractivity contribution in [1.82, 2.24) is 19.7 Å². The van der Waals surface area contributed by atoms with E-state index in [2.05, 4.69) is 10.3 Å². The monoisotopic (exact) mass is 284 g/mol. The molecule has 1 aromatic carbocycles. The largest absolute Gasteiger partial charge is 0.312 e. The number of hydrogen-bond acceptors (Lipinski definition) is 3. The summed E-state index contributed by atoms with van der Waals surface area (Å²) in [7, 11) is 0. The van der Waals surface area contributed by atoms with Crippen molar-refractivity contribution in [3.05, 3.63) is 53.1 Å². The highest BCUT2D eigenvalue weighted by Crippen LogP contribution is 2.24. The Morgan fingerprint density at radius 3 is 3.15 bits per heavy atom. The second-order valence-electron chi connectivity index (χ2n) is 4.96. The quantitative estimate of drug-likeness (QED) is 0.747. The molecular formula is C15H13ClN4. The van der Waals surface area contributed by atoms with Crippen LogP contribution in [0.3, 0.4) is 0 Å². The molecule has 0 aliphatic carbocycles. The van der Waals surface area contributed by atoms with E-state index in [-0.39, 0.29) is 0 Å². The number of nitrogens with zero attached hydrogens (tertiary/aromatic N) is 3. The zero-order valence-electron chi connectivity index (χ0n) is 10.8. The van der Waals surface area contributed by atoms with E-state index in [1.54, 1.807) is 0 Å². The van der Waals surface area contributed by atoms with Gasteiger partial charge in [-0.25, -0.2) is 9.97 Å². The molecule has 0 saturated heterocycles. The Bertz CT molecular complexity index is 794. The molecule has 0 radical (unpaired) electrons. The first kappa shape index (κ1) is 11.9. The molecule has 0 saturated carbocycles. The van der Waals surface area contributed by atoms with Gasteiger partial charge in [0, 0.05) is 41.9 Å². The van der Waals surface area contributed by atoms with Crippen molar-refractivity contribution in [2.45, 2.75) is 13.0 Å². The topological polar surface area (TPSA) is 42.2 Å². The minimum atomic E-state index is 0.723. The van der Waals surface area contributed by atoms with Crippen LogP contribution in [0.2, 0.25) is 5.02 Å². The molecular weight excluding hydrogens is 272 g/mol. The first-order valence-electron chi connectivity index (χ1n) is 6.63. The Balaban J connectivity index is 1.91. The van der Waals surface area contributed by atoms with Crippen molar-refractivity contribution < 1.29 is 0 Å². The minimum Gasteiger partial charge on any atom is -0.312 e. The van der Waals surface area contributed by atoms with E-state index >= 15 is 0 Å². The van der Waals surface area contributed by atoms with Gasteiger partial charge in [-0.05, 0) is 12.1 Å². The summed E-state index contributed by atoms with van der Waals surface area (Å²) in [6, 6.07) is 7.76. The number of nitrogens with one attached hydrogen (secondary N) is 1. The summed E-state index contributed by atoms with van der Waals surface area (Å²) in [6.45, 7) is 1.82. The first-order valence-corrected chi connectivity index (χ1v) is 7.01. The van der Waals surface area contributed by atoms with Crippen LogP contribution in [0.4, 0.5) is 0 Å². The van der Waals surface area contributed by atoms with Crippen LogP contribution in [0.15, 0.2) is 36.8 Å². The second kappa shape index (κ2) is 4.58. The van der Waals surface area contributed by atoms with Gasteiger partial charge >= 0.3 is 0 Å². The van der Waals surface area contributed by atoms with E-state index in [4.69, 9.17) is 16.6 Å². The summed E-state index contributed by atoms with van der Waals surface area (Å²) < 4.78 is 1.99. The lowest BCUT2D eigenvalue weighted by Crippen LogP contribution is -2.25. The van der Waals surface area contributed by atoms with E-state index in [0.29, 0.717) is 0 Å². The number of halogens is 1. The molecule has 3 heterocycles. The SMILES string of the molecule is Clc1cccc(-c2cn3cnc4c(c3n2)CNCC4)c1. The third-order valence-corrected chi connectivity index (χ3v) is 3.88. The fourth-order valence-corrected chi connectivity index (χ4v) is 2.84. The number of hydrogen-bond donors (Lipinski definition) is 1. The fraction of sp³-hybridized carbons (Fsp3) is 0.200. The van der Waals surface area contributed by atoms with Crippen molar-refractivity contribution in [3.63, 3.8) is 0 Å². The van der Waals surface area contributed by atoms with E-state index < -0.39 is 0 Å². The molecule has 0 unspecified atom stereocenters. The van der Waals surface area contributed by atoms with E-state index in [1.165, 1.54) is 5.56 Å². The number of rotatable bonds is 1. The van der Waals surface area contributed by atoms with Crippen LogP contribution in [0.1, 0.15) is 11.3 Å². The molecule has 1 N–H and O–H groups in total. The fourth-order valence-electron chi connectivity index (χ4n) is 2.65. The summed E-state index contributed by atoms with van der Waals surface area (Å²) in [5, 5.41) is 4.10. The van der Waals surface area contributed by atoms with E-state index in [0.717, 1.165) is 47.1 Å². The Hall–Kier alpha value is -1.91. The lowest BCUT2D eigenvalue weighted by atomic mass is 10.1. The van der Waals surface area contributed by atoms with Gasteiger partial charge in [0.15, 0.2) is 0 Å². The van der Waals surface area contributed by atoms with Gasteiger partial charge in [-0.3, -0.25) is 4.40 Å². The van der Waals surface area contributed by atoms with Crippen molar-refractivity contribution >= 4 is 17.2 Å². The highest BCUT2D eigenvalue weighted by atomic mass is 35.5. The highest BCUT2D eigenvalue weighted by Gasteiger charge is 2.16. The van der Waals surface area contributed by atoms with Gasteiger partial charge in [0.2, 0.25) is 0 Å². The van der Waals surface area contributed by atoms with Crippen molar-refractivity contribution in [2.24, 2.45) is 0 Å². The molecule has 0 amide bonds. The molecule has 100 valence electrons. The zero-order chi connectivity index (χ0) is 13.5. The number of benzene rings is 1. The summed E-state index contributed by atoms with van der Waals surface area (Å²) in [5.74, 6) is 0. The van der Waals surface area contributed by atoms with E-state index in [1.807, 2.05) is 41.2 Å². The number of fused-ring (bicyclic) bond motifs is 3. The first-order chi connectivity index (χ1) is 9.81. The summed E-state index contributed by atoms with van der Waals surface area (Å²) in [6.07, 6.45) is 4.81. The molecule has 3 aromatic rings. The molecule has 1 aliphatic heterocycles. The van der Waals surface area contributed by atoms with Gasteiger partial charge in [-0.15, -0.1) is 0 Å². The average Bonchev–Trinajstić information content (AvgIpc) is 2.92. The Kier molecular flexibility index (Phi) is 2.72. The molecule has 5 heteroatoms. The van der Waals surface area contributed by atoms with Crippen LogP contribution in [0, 0.1) is 0 Å². The number of imidazole rings is 1. The lowest BCUT2D eigenvalue weighted by Gasteiger charge is -2.15. The van der Waals surface area contributed by atoms with Crippen LogP contribution < -0.4 is 5.32 Å². The molecule has 0 fully saturated rings. The Morgan fingerprint density at radius 1 is 1.30 bits per heavy atom. The van der Waals surface area contributed by atoms with E-state index in [9.17, 15) is 0 Å². The standard InChI is InChI=1S/C15H13ClN4/c16-11-3-1-2-10(6-11)14-8-20-9-18-13-4-5-17-7-12(13)15(20)19-14/h1-3,6,8-9,17H,4-5,7H2. The molecule has 0 spiro atoms. The van der Waals surface area contributed by atoms with Crippen LogP contribution in [-0.2, 0) is 13.0 Å². The van der Waals surface area contributed by atoms with Gasteiger partial charge in [0.25, 0.3) is 0 Å². The predicted octanol–water partition coefficient (Wildman–Crippen LogP) is 2.70. The second-order valence-corrected chi connectivity index (χ2v) is 5.40. The number of aromatic nitrogens is 3. The molecule has 1 aliphatic rings. The van der Waals surface area contributed by atoms with Crippen molar-refractivity contribution in [1.29, 1.82) is 0 Å². The molecule has 0 bridgehead atoms. The minimum absolute atomic E-state index is 0.723. The normalized spacial score (nSPS) is 14.4. The zero-order valence-corrected chi connectivity index (χ0v) is 11.6. The predicted molar refractivity (Wildman–Crippen MR) is 78.8 cm³/mol. The maximum atomic E-state index is 6.05. The Morgan fingerprint density at radius 2 is 2.25 bits per heavy atom.